The minimum Gasteiger partial charge on any atom is -0.452 e. The molecule has 2 aromatic carbocycles. The van der Waals surface area contributed by atoms with Crippen LogP contribution in [0.2, 0.25) is 0 Å². The van der Waals surface area contributed by atoms with E-state index >= 15 is 0 Å². The number of esters is 1. The minimum absolute atomic E-state index is 0.149. The maximum Gasteiger partial charge on any atom is 0.339 e. The van der Waals surface area contributed by atoms with E-state index in [9.17, 15) is 18.4 Å². The topological polar surface area (TPSA) is 55.4 Å². The van der Waals surface area contributed by atoms with E-state index < -0.39 is 36.2 Å². The summed E-state index contributed by atoms with van der Waals surface area (Å²) in [5.74, 6) is -2.60. The Morgan fingerprint density at radius 2 is 1.69 bits per heavy atom. The zero-order chi connectivity index (χ0) is 19.4. The fourth-order valence-electron chi connectivity index (χ4n) is 2.92. The van der Waals surface area contributed by atoms with Gasteiger partial charge in [-0.25, -0.2) is 13.6 Å². The van der Waals surface area contributed by atoms with Crippen molar-refractivity contribution >= 4 is 11.9 Å². The zero-order valence-corrected chi connectivity index (χ0v) is 15.2. The van der Waals surface area contributed by atoms with Gasteiger partial charge in [-0.05, 0) is 44.9 Å². The molecule has 0 radical (unpaired) electrons. The van der Waals surface area contributed by atoms with Gasteiger partial charge in [0.25, 0.3) is 5.91 Å². The van der Waals surface area contributed by atoms with Crippen LogP contribution in [-0.4, -0.2) is 18.5 Å². The number of nitrogens with one attached hydrogen (secondary N) is 1. The highest BCUT2D eigenvalue weighted by atomic mass is 19.1. The van der Waals surface area contributed by atoms with Crippen molar-refractivity contribution in [3.63, 3.8) is 0 Å². The average Bonchev–Trinajstić information content (AvgIpc) is 2.51. The minimum atomic E-state index is -0.749. The molecule has 2 rings (SSSR count). The van der Waals surface area contributed by atoms with E-state index in [0.29, 0.717) is 5.56 Å². The molecule has 1 atom stereocenters. The standard InChI is InChI=1S/C20H21F2NO3/c1-11-7-12(2)19(13(3)8-11)20(25)26-10-18(24)23-14(4)16-6-5-15(21)9-17(16)22/h5-9,14H,10H2,1-4H3,(H,23,24). The maximum absolute atomic E-state index is 13.7. The highest BCUT2D eigenvalue weighted by Gasteiger charge is 2.18. The second-order valence-electron chi connectivity index (χ2n) is 6.30. The molecule has 4 nitrogen and oxygen atoms in total. The van der Waals surface area contributed by atoms with Crippen molar-refractivity contribution in [1.29, 1.82) is 0 Å². The molecule has 0 fully saturated rings. The van der Waals surface area contributed by atoms with Gasteiger partial charge in [0.05, 0.1) is 11.6 Å². The van der Waals surface area contributed by atoms with Gasteiger partial charge in [0.1, 0.15) is 11.6 Å². The van der Waals surface area contributed by atoms with Gasteiger partial charge >= 0.3 is 5.97 Å². The number of carbonyl (C=O) groups is 2. The third kappa shape index (κ3) is 4.65. The summed E-state index contributed by atoms with van der Waals surface area (Å²) in [4.78, 5) is 24.2. The Morgan fingerprint density at radius 3 is 2.27 bits per heavy atom. The number of aryl methyl sites for hydroxylation is 3. The summed E-state index contributed by atoms with van der Waals surface area (Å²) in [5.41, 5.74) is 3.16. The Bertz CT molecular complexity index is 826. The van der Waals surface area contributed by atoms with Gasteiger partial charge in [-0.15, -0.1) is 0 Å². The van der Waals surface area contributed by atoms with Crippen LogP contribution in [0.15, 0.2) is 30.3 Å². The number of rotatable bonds is 5. The van der Waals surface area contributed by atoms with E-state index in [1.807, 2.05) is 19.1 Å². The molecule has 0 aliphatic rings. The van der Waals surface area contributed by atoms with Crippen LogP contribution in [0.1, 0.15) is 45.6 Å². The Kier molecular flexibility index (Phi) is 6.08. The van der Waals surface area contributed by atoms with Gasteiger partial charge < -0.3 is 10.1 Å². The zero-order valence-electron chi connectivity index (χ0n) is 15.2. The molecule has 1 unspecified atom stereocenters. The lowest BCUT2D eigenvalue weighted by Gasteiger charge is -2.16. The quantitative estimate of drug-likeness (QED) is 0.821. The first-order valence-electron chi connectivity index (χ1n) is 8.18. The van der Waals surface area contributed by atoms with Crippen LogP contribution in [0.3, 0.4) is 0 Å². The van der Waals surface area contributed by atoms with Crippen molar-refractivity contribution < 1.29 is 23.1 Å². The lowest BCUT2D eigenvalue weighted by molar-refractivity contribution is -0.124. The lowest BCUT2D eigenvalue weighted by Crippen LogP contribution is -2.31. The fourth-order valence-corrected chi connectivity index (χ4v) is 2.92. The third-order valence-electron chi connectivity index (χ3n) is 4.02. The molecule has 0 saturated heterocycles. The molecule has 1 amide bonds. The Labute approximate surface area is 151 Å². The molecule has 1 N–H and O–H groups in total. The monoisotopic (exact) mass is 361 g/mol. The summed E-state index contributed by atoms with van der Waals surface area (Å²) < 4.78 is 31.8. The molecule has 2 aromatic rings. The van der Waals surface area contributed by atoms with E-state index in [1.54, 1.807) is 20.8 Å². The van der Waals surface area contributed by atoms with Gasteiger partial charge in [-0.1, -0.05) is 23.8 Å². The van der Waals surface area contributed by atoms with E-state index in [1.165, 1.54) is 6.07 Å². The van der Waals surface area contributed by atoms with Crippen molar-refractivity contribution in [2.75, 3.05) is 6.61 Å². The molecular weight excluding hydrogens is 340 g/mol. The highest BCUT2D eigenvalue weighted by Crippen LogP contribution is 2.19. The molecular formula is C20H21F2NO3. The predicted molar refractivity (Wildman–Crippen MR) is 93.9 cm³/mol. The molecule has 0 aliphatic heterocycles. The van der Waals surface area contributed by atoms with Gasteiger partial charge in [0, 0.05) is 11.6 Å². The molecule has 0 heterocycles. The van der Waals surface area contributed by atoms with E-state index in [-0.39, 0.29) is 5.56 Å². The number of hydrogen-bond donors (Lipinski definition) is 1. The van der Waals surface area contributed by atoms with Crippen molar-refractivity contribution in [2.24, 2.45) is 0 Å². The molecule has 0 bridgehead atoms. The van der Waals surface area contributed by atoms with Crippen LogP contribution in [0.4, 0.5) is 8.78 Å². The smallest absolute Gasteiger partial charge is 0.339 e. The molecule has 0 saturated carbocycles. The first-order valence-corrected chi connectivity index (χ1v) is 8.18. The van der Waals surface area contributed by atoms with E-state index in [4.69, 9.17) is 4.74 Å². The number of carbonyl (C=O) groups excluding carboxylic acids is 2. The van der Waals surface area contributed by atoms with Crippen LogP contribution < -0.4 is 5.32 Å². The lowest BCUT2D eigenvalue weighted by atomic mass is 10.00. The normalized spacial score (nSPS) is 11.8. The summed E-state index contributed by atoms with van der Waals surface area (Å²) in [5, 5.41) is 2.52. The van der Waals surface area contributed by atoms with Crippen molar-refractivity contribution in [1.82, 2.24) is 5.32 Å². The number of amides is 1. The first kappa shape index (κ1) is 19.6. The highest BCUT2D eigenvalue weighted by molar-refractivity contribution is 5.94. The summed E-state index contributed by atoms with van der Waals surface area (Å²) in [6.45, 7) is 6.60. The van der Waals surface area contributed by atoms with Crippen molar-refractivity contribution in [2.45, 2.75) is 33.7 Å². The fraction of sp³-hybridized carbons (Fsp3) is 0.300. The first-order chi connectivity index (χ1) is 12.2. The molecule has 6 heteroatoms. The number of ether oxygens (including phenoxy) is 1. The van der Waals surface area contributed by atoms with Gasteiger partial charge in [0.2, 0.25) is 0 Å². The Balaban J connectivity index is 1.97. The molecule has 138 valence electrons. The van der Waals surface area contributed by atoms with Crippen molar-refractivity contribution in [3.05, 3.63) is 69.8 Å². The summed E-state index contributed by atoms with van der Waals surface area (Å²) in [7, 11) is 0. The molecule has 0 aromatic heterocycles. The predicted octanol–water partition coefficient (Wildman–Crippen LogP) is 3.92. The summed E-state index contributed by atoms with van der Waals surface area (Å²) >= 11 is 0. The Hall–Kier alpha value is -2.76. The van der Waals surface area contributed by atoms with Crippen LogP contribution in [0.5, 0.6) is 0 Å². The van der Waals surface area contributed by atoms with Crippen LogP contribution in [0, 0.1) is 32.4 Å². The number of benzene rings is 2. The maximum atomic E-state index is 13.7. The summed E-state index contributed by atoms with van der Waals surface area (Å²) in [6, 6.07) is 6.17. The number of hydrogen-bond acceptors (Lipinski definition) is 3. The van der Waals surface area contributed by atoms with Crippen LogP contribution in [0.25, 0.3) is 0 Å². The molecule has 0 aliphatic carbocycles. The molecule has 0 spiro atoms. The largest absolute Gasteiger partial charge is 0.452 e. The van der Waals surface area contributed by atoms with Crippen LogP contribution >= 0.6 is 0 Å². The number of halogens is 2. The summed E-state index contributed by atoms with van der Waals surface area (Å²) in [6.07, 6.45) is 0. The average molecular weight is 361 g/mol. The third-order valence-corrected chi connectivity index (χ3v) is 4.02. The van der Waals surface area contributed by atoms with Gasteiger partial charge in [0.15, 0.2) is 6.61 Å². The second-order valence-corrected chi connectivity index (χ2v) is 6.30. The van der Waals surface area contributed by atoms with E-state index in [0.717, 1.165) is 28.8 Å². The van der Waals surface area contributed by atoms with Gasteiger partial charge in [-0.2, -0.15) is 0 Å². The van der Waals surface area contributed by atoms with E-state index in [2.05, 4.69) is 5.32 Å². The van der Waals surface area contributed by atoms with Gasteiger partial charge in [-0.3, -0.25) is 4.79 Å². The SMILES string of the molecule is Cc1cc(C)c(C(=O)OCC(=O)NC(C)c2ccc(F)cc2F)c(C)c1. The van der Waals surface area contributed by atoms with Crippen LogP contribution in [-0.2, 0) is 9.53 Å². The second kappa shape index (κ2) is 8.08. The van der Waals surface area contributed by atoms with Crippen molar-refractivity contribution in [3.8, 4) is 0 Å². The molecule has 26 heavy (non-hydrogen) atoms. The Morgan fingerprint density at radius 1 is 1.08 bits per heavy atom.